The Labute approximate surface area is 168 Å². The zero-order chi connectivity index (χ0) is 18.7. The number of aromatic nitrogens is 1. The summed E-state index contributed by atoms with van der Waals surface area (Å²) in [4.78, 5) is 4.46. The third-order valence-corrected chi connectivity index (χ3v) is 5.08. The Morgan fingerprint density at radius 1 is 1.15 bits per heavy atom. The van der Waals surface area contributed by atoms with Gasteiger partial charge in [0.1, 0.15) is 22.5 Å². The van der Waals surface area contributed by atoms with Crippen molar-refractivity contribution in [2.24, 2.45) is 0 Å². The van der Waals surface area contributed by atoms with Crippen LogP contribution >= 0.6 is 46.1 Å². The van der Waals surface area contributed by atoms with E-state index in [1.807, 2.05) is 5.38 Å². The van der Waals surface area contributed by atoms with Crippen LogP contribution in [0.3, 0.4) is 0 Å². The second-order valence-corrected chi connectivity index (χ2v) is 7.21. The molecule has 0 radical (unpaired) electrons. The first-order valence-electron chi connectivity index (χ1n) is 7.21. The number of rotatable bonds is 4. The Kier molecular flexibility index (Phi) is 5.80. The molecule has 8 heteroatoms. The maximum Gasteiger partial charge on any atom is 0.141 e. The Hall–Kier alpha value is -2.10. The van der Waals surface area contributed by atoms with Gasteiger partial charge in [-0.3, -0.25) is 0 Å². The number of nitrogens with zero attached hydrogens (tertiary/aromatic N) is 2. The average Bonchev–Trinajstić information content (AvgIpc) is 3.08. The molecule has 0 spiro atoms. The molecule has 0 saturated heterocycles. The Morgan fingerprint density at radius 2 is 1.96 bits per heavy atom. The van der Waals surface area contributed by atoms with Gasteiger partial charge < -0.3 is 5.32 Å². The highest BCUT2D eigenvalue weighted by Gasteiger charge is 2.12. The van der Waals surface area contributed by atoms with Gasteiger partial charge in [-0.2, -0.15) is 5.26 Å². The largest absolute Gasteiger partial charge is 0.360 e. The van der Waals surface area contributed by atoms with Crippen molar-refractivity contribution >= 4 is 57.4 Å². The van der Waals surface area contributed by atoms with Crippen LogP contribution in [0.1, 0.15) is 5.01 Å². The zero-order valence-electron chi connectivity index (χ0n) is 12.9. The molecule has 3 aromatic rings. The Balaban J connectivity index is 1.86. The second kappa shape index (κ2) is 8.07. The summed E-state index contributed by atoms with van der Waals surface area (Å²) in [7, 11) is 0. The van der Waals surface area contributed by atoms with Crippen LogP contribution in [0.2, 0.25) is 15.1 Å². The molecular weight excluding hydrogens is 416 g/mol. The van der Waals surface area contributed by atoms with Gasteiger partial charge in [-0.05, 0) is 36.4 Å². The van der Waals surface area contributed by atoms with Crippen molar-refractivity contribution in [1.82, 2.24) is 4.98 Å². The van der Waals surface area contributed by atoms with E-state index in [9.17, 15) is 9.65 Å². The van der Waals surface area contributed by atoms with Crippen molar-refractivity contribution < 1.29 is 4.39 Å². The first-order valence-corrected chi connectivity index (χ1v) is 9.22. The quantitative estimate of drug-likeness (QED) is 0.464. The van der Waals surface area contributed by atoms with Crippen LogP contribution in [0.5, 0.6) is 0 Å². The summed E-state index contributed by atoms with van der Waals surface area (Å²) in [5.74, 6) is -0.508. The molecule has 0 aliphatic heterocycles. The molecule has 0 fully saturated rings. The molecule has 0 amide bonds. The minimum Gasteiger partial charge on any atom is -0.360 e. The summed E-state index contributed by atoms with van der Waals surface area (Å²) in [5.41, 5.74) is 2.26. The molecule has 130 valence electrons. The second-order valence-electron chi connectivity index (χ2n) is 5.11. The van der Waals surface area contributed by atoms with E-state index in [1.165, 1.54) is 35.7 Å². The van der Waals surface area contributed by atoms with Gasteiger partial charge in [-0.1, -0.05) is 34.8 Å². The van der Waals surface area contributed by atoms with E-state index in [0.717, 1.165) is 5.56 Å². The highest BCUT2D eigenvalue weighted by molar-refractivity contribution is 7.11. The van der Waals surface area contributed by atoms with E-state index >= 15 is 0 Å². The molecule has 1 N–H and O–H groups in total. The van der Waals surface area contributed by atoms with Gasteiger partial charge in [-0.25, -0.2) is 9.37 Å². The number of hydrogen-bond donors (Lipinski definition) is 1. The van der Waals surface area contributed by atoms with Crippen molar-refractivity contribution in [3.8, 4) is 17.3 Å². The molecule has 0 bridgehead atoms. The van der Waals surface area contributed by atoms with Crippen LogP contribution in [0.15, 0.2) is 48.0 Å². The number of halogens is 4. The van der Waals surface area contributed by atoms with E-state index in [-0.39, 0.29) is 5.02 Å². The van der Waals surface area contributed by atoms with Crippen molar-refractivity contribution in [3.05, 3.63) is 73.9 Å². The van der Waals surface area contributed by atoms with E-state index in [2.05, 4.69) is 16.4 Å². The predicted molar refractivity (Wildman–Crippen MR) is 106 cm³/mol. The Bertz CT molecular complexity index is 1040. The molecule has 1 heterocycles. The van der Waals surface area contributed by atoms with Gasteiger partial charge in [0.25, 0.3) is 0 Å². The van der Waals surface area contributed by atoms with Crippen LogP contribution < -0.4 is 5.32 Å². The summed E-state index contributed by atoms with van der Waals surface area (Å²) < 4.78 is 13.2. The number of nitriles is 1. The smallest absolute Gasteiger partial charge is 0.141 e. The van der Waals surface area contributed by atoms with Gasteiger partial charge in [-0.15, -0.1) is 11.3 Å². The Morgan fingerprint density at radius 3 is 2.65 bits per heavy atom. The van der Waals surface area contributed by atoms with Crippen molar-refractivity contribution in [2.75, 3.05) is 5.32 Å². The summed E-state index contributed by atoms with van der Waals surface area (Å²) in [6, 6.07) is 11.4. The van der Waals surface area contributed by atoms with Crippen molar-refractivity contribution in [3.63, 3.8) is 0 Å². The molecule has 0 aliphatic rings. The minimum atomic E-state index is -0.508. The van der Waals surface area contributed by atoms with Crippen LogP contribution in [0, 0.1) is 17.1 Å². The number of hydrogen-bond acceptors (Lipinski definition) is 4. The van der Waals surface area contributed by atoms with Crippen LogP contribution in [-0.2, 0) is 0 Å². The number of benzene rings is 2. The predicted octanol–water partition coefficient (Wildman–Crippen LogP) is 6.89. The third kappa shape index (κ3) is 4.17. The van der Waals surface area contributed by atoms with Crippen LogP contribution in [-0.4, -0.2) is 4.98 Å². The van der Waals surface area contributed by atoms with E-state index in [0.29, 0.717) is 32.0 Å². The lowest BCUT2D eigenvalue weighted by atomic mass is 10.2. The molecule has 0 atom stereocenters. The highest BCUT2D eigenvalue weighted by atomic mass is 35.5. The topological polar surface area (TPSA) is 48.7 Å². The molecule has 1 aromatic heterocycles. The summed E-state index contributed by atoms with van der Waals surface area (Å²) in [5, 5.41) is 15.7. The molecule has 0 saturated carbocycles. The third-order valence-electron chi connectivity index (χ3n) is 3.36. The van der Waals surface area contributed by atoms with Gasteiger partial charge >= 0.3 is 0 Å². The fourth-order valence-corrected chi connectivity index (χ4v) is 3.57. The number of thiazole rings is 1. The zero-order valence-corrected chi connectivity index (χ0v) is 16.0. The number of anilines is 1. The standard InChI is InChI=1S/C18H9Cl3FN3S/c19-11-1-3-13(14(20)5-11)17-9-26-18(25-17)10(7-23)8-24-12-2-4-16(22)15(21)6-12/h1-6,8-9,24H/b10-8+. The first kappa shape index (κ1) is 18.7. The average molecular weight is 425 g/mol. The van der Waals surface area contributed by atoms with E-state index < -0.39 is 5.82 Å². The van der Waals surface area contributed by atoms with Crippen LogP contribution in [0.4, 0.5) is 10.1 Å². The fourth-order valence-electron chi connectivity index (χ4n) is 2.10. The normalized spacial score (nSPS) is 11.3. The van der Waals surface area contributed by atoms with Gasteiger partial charge in [0.15, 0.2) is 0 Å². The maximum absolute atomic E-state index is 13.2. The van der Waals surface area contributed by atoms with Crippen molar-refractivity contribution in [1.29, 1.82) is 5.26 Å². The molecule has 3 nitrogen and oxygen atoms in total. The number of nitrogens with one attached hydrogen (secondary N) is 1. The lowest BCUT2D eigenvalue weighted by Crippen LogP contribution is -1.92. The molecule has 3 rings (SSSR count). The van der Waals surface area contributed by atoms with E-state index in [4.69, 9.17) is 34.8 Å². The highest BCUT2D eigenvalue weighted by Crippen LogP contribution is 2.32. The molecular formula is C18H9Cl3FN3S. The molecule has 26 heavy (non-hydrogen) atoms. The lowest BCUT2D eigenvalue weighted by Gasteiger charge is -2.03. The van der Waals surface area contributed by atoms with Gasteiger partial charge in [0.05, 0.1) is 15.7 Å². The summed E-state index contributed by atoms with van der Waals surface area (Å²) in [6.45, 7) is 0. The monoisotopic (exact) mass is 423 g/mol. The fraction of sp³-hybridized carbons (Fsp3) is 0. The SMILES string of the molecule is N#C/C(=C\Nc1ccc(F)c(Cl)c1)c1nc(-c2ccc(Cl)cc2Cl)cs1. The molecule has 2 aromatic carbocycles. The lowest BCUT2D eigenvalue weighted by molar-refractivity contribution is 0.628. The first-order chi connectivity index (χ1) is 12.5. The minimum absolute atomic E-state index is 0.00387. The summed E-state index contributed by atoms with van der Waals surface area (Å²) in [6.07, 6.45) is 1.50. The maximum atomic E-state index is 13.2. The molecule has 0 unspecified atom stereocenters. The van der Waals surface area contributed by atoms with Crippen LogP contribution in [0.25, 0.3) is 16.8 Å². The van der Waals surface area contributed by atoms with Gasteiger partial charge in [0, 0.05) is 27.9 Å². The van der Waals surface area contributed by atoms with Gasteiger partial charge in [0.2, 0.25) is 0 Å². The molecule has 0 aliphatic carbocycles. The number of allylic oxidation sites excluding steroid dienone is 1. The van der Waals surface area contributed by atoms with E-state index in [1.54, 1.807) is 18.2 Å². The van der Waals surface area contributed by atoms with Crippen molar-refractivity contribution in [2.45, 2.75) is 0 Å². The summed E-state index contributed by atoms with van der Waals surface area (Å²) >= 11 is 19.2.